The van der Waals surface area contributed by atoms with Gasteiger partial charge in [-0.05, 0) is 43.1 Å². The molecule has 2 unspecified atom stereocenters. The van der Waals surface area contributed by atoms with Crippen LogP contribution in [0.2, 0.25) is 0 Å². The molecule has 17 heavy (non-hydrogen) atoms. The van der Waals surface area contributed by atoms with E-state index in [0.717, 1.165) is 17.8 Å². The first-order valence-electron chi connectivity index (χ1n) is 7.20. The molecule has 0 aliphatic heterocycles. The maximum Gasteiger partial charge on any atom is -0.0250 e. The maximum absolute atomic E-state index is 2.39. The third-order valence-electron chi connectivity index (χ3n) is 4.37. The van der Waals surface area contributed by atoms with E-state index in [9.17, 15) is 0 Å². The molecule has 1 aliphatic carbocycles. The molecule has 0 amide bonds. The molecule has 1 aliphatic rings. The van der Waals surface area contributed by atoms with Gasteiger partial charge in [0, 0.05) is 0 Å². The fourth-order valence-corrected chi connectivity index (χ4v) is 3.30. The Bertz CT molecular complexity index is 351. The van der Waals surface area contributed by atoms with Crippen LogP contribution in [0.5, 0.6) is 0 Å². The first-order valence-corrected chi connectivity index (χ1v) is 7.20. The minimum Gasteiger partial charge on any atom is -0.0625 e. The SMILES string of the molecule is Cc1cccc(CC2CCCC(C(C)C)C2)c1. The van der Waals surface area contributed by atoms with Crippen LogP contribution >= 0.6 is 0 Å². The number of hydrogen-bond acceptors (Lipinski definition) is 0. The van der Waals surface area contributed by atoms with E-state index >= 15 is 0 Å². The van der Waals surface area contributed by atoms with Crippen LogP contribution in [0.3, 0.4) is 0 Å². The maximum atomic E-state index is 2.39. The third kappa shape index (κ3) is 3.59. The van der Waals surface area contributed by atoms with Crippen LogP contribution < -0.4 is 0 Å². The van der Waals surface area contributed by atoms with Gasteiger partial charge in [0.15, 0.2) is 0 Å². The van der Waals surface area contributed by atoms with E-state index in [2.05, 4.69) is 45.0 Å². The molecule has 2 atom stereocenters. The van der Waals surface area contributed by atoms with Gasteiger partial charge in [0.2, 0.25) is 0 Å². The molecule has 0 heteroatoms. The highest BCUT2D eigenvalue weighted by Crippen LogP contribution is 2.35. The molecule has 0 N–H and O–H groups in total. The highest BCUT2D eigenvalue weighted by Gasteiger charge is 2.24. The summed E-state index contributed by atoms with van der Waals surface area (Å²) in [5.74, 6) is 2.77. The Morgan fingerprint density at radius 2 is 2.06 bits per heavy atom. The van der Waals surface area contributed by atoms with Crippen LogP contribution in [0.15, 0.2) is 24.3 Å². The summed E-state index contributed by atoms with van der Waals surface area (Å²) in [5, 5.41) is 0. The molecule has 0 heterocycles. The number of benzene rings is 1. The Kier molecular flexibility index (Phi) is 4.25. The van der Waals surface area contributed by atoms with Crippen molar-refractivity contribution >= 4 is 0 Å². The zero-order valence-electron chi connectivity index (χ0n) is 11.6. The standard InChI is InChI=1S/C17H26/c1-13(2)17-9-5-8-16(12-17)11-15-7-4-6-14(3)10-15/h4,6-7,10,13,16-17H,5,8-9,11-12H2,1-3H3. The second-order valence-electron chi connectivity index (χ2n) is 6.23. The minimum absolute atomic E-state index is 0.871. The number of hydrogen-bond donors (Lipinski definition) is 0. The molecule has 2 rings (SSSR count). The average Bonchev–Trinajstić information content (AvgIpc) is 2.29. The summed E-state index contributed by atoms with van der Waals surface area (Å²) in [6, 6.07) is 9.06. The van der Waals surface area contributed by atoms with Crippen molar-refractivity contribution in [3.8, 4) is 0 Å². The topological polar surface area (TPSA) is 0 Å². The average molecular weight is 230 g/mol. The quantitative estimate of drug-likeness (QED) is 0.685. The molecular formula is C17H26. The van der Waals surface area contributed by atoms with Crippen LogP contribution in [0, 0.1) is 24.7 Å². The molecule has 1 aromatic rings. The fraction of sp³-hybridized carbons (Fsp3) is 0.647. The summed E-state index contributed by atoms with van der Waals surface area (Å²) in [7, 11) is 0. The van der Waals surface area contributed by atoms with Crippen LogP contribution in [0.1, 0.15) is 50.7 Å². The first kappa shape index (κ1) is 12.7. The van der Waals surface area contributed by atoms with Crippen molar-refractivity contribution in [2.24, 2.45) is 17.8 Å². The molecule has 0 spiro atoms. The van der Waals surface area contributed by atoms with Gasteiger partial charge in [0.25, 0.3) is 0 Å². The molecule has 0 aromatic heterocycles. The number of aryl methyl sites for hydroxylation is 1. The van der Waals surface area contributed by atoms with Crippen LogP contribution in [0.25, 0.3) is 0 Å². The zero-order chi connectivity index (χ0) is 12.3. The summed E-state index contributed by atoms with van der Waals surface area (Å²) in [4.78, 5) is 0. The van der Waals surface area contributed by atoms with Gasteiger partial charge in [-0.3, -0.25) is 0 Å². The Hall–Kier alpha value is -0.780. The van der Waals surface area contributed by atoms with Crippen molar-refractivity contribution in [1.82, 2.24) is 0 Å². The van der Waals surface area contributed by atoms with Gasteiger partial charge in [0.1, 0.15) is 0 Å². The van der Waals surface area contributed by atoms with Crippen LogP contribution in [0.4, 0.5) is 0 Å². The van der Waals surface area contributed by atoms with E-state index < -0.39 is 0 Å². The Morgan fingerprint density at radius 3 is 2.76 bits per heavy atom. The van der Waals surface area contributed by atoms with Gasteiger partial charge in [-0.15, -0.1) is 0 Å². The van der Waals surface area contributed by atoms with E-state index in [1.165, 1.54) is 37.7 Å². The largest absolute Gasteiger partial charge is 0.0625 e. The van der Waals surface area contributed by atoms with Gasteiger partial charge in [0.05, 0.1) is 0 Å². The smallest absolute Gasteiger partial charge is 0.0250 e. The Morgan fingerprint density at radius 1 is 1.24 bits per heavy atom. The first-order chi connectivity index (χ1) is 8.15. The molecule has 0 nitrogen and oxygen atoms in total. The van der Waals surface area contributed by atoms with E-state index in [-0.39, 0.29) is 0 Å². The lowest BCUT2D eigenvalue weighted by Gasteiger charge is -2.31. The van der Waals surface area contributed by atoms with Crippen molar-refractivity contribution in [1.29, 1.82) is 0 Å². The predicted molar refractivity (Wildman–Crippen MR) is 75.2 cm³/mol. The van der Waals surface area contributed by atoms with Gasteiger partial charge < -0.3 is 0 Å². The Balaban J connectivity index is 1.94. The lowest BCUT2D eigenvalue weighted by molar-refractivity contribution is 0.214. The molecule has 94 valence electrons. The van der Waals surface area contributed by atoms with E-state index in [0.29, 0.717) is 0 Å². The Labute approximate surface area is 106 Å². The van der Waals surface area contributed by atoms with Gasteiger partial charge >= 0.3 is 0 Å². The minimum atomic E-state index is 0.871. The molecule has 1 saturated carbocycles. The van der Waals surface area contributed by atoms with Crippen molar-refractivity contribution in [2.45, 2.75) is 52.9 Å². The van der Waals surface area contributed by atoms with Gasteiger partial charge in [-0.1, -0.05) is 62.9 Å². The highest BCUT2D eigenvalue weighted by molar-refractivity contribution is 5.22. The van der Waals surface area contributed by atoms with Crippen molar-refractivity contribution < 1.29 is 0 Å². The lowest BCUT2D eigenvalue weighted by Crippen LogP contribution is -2.21. The summed E-state index contributed by atoms with van der Waals surface area (Å²) < 4.78 is 0. The van der Waals surface area contributed by atoms with Gasteiger partial charge in [-0.2, -0.15) is 0 Å². The summed E-state index contributed by atoms with van der Waals surface area (Å²) in [6.07, 6.45) is 7.09. The predicted octanol–water partition coefficient (Wildman–Crippen LogP) is 5.00. The van der Waals surface area contributed by atoms with Crippen LogP contribution in [-0.2, 0) is 6.42 Å². The van der Waals surface area contributed by atoms with E-state index in [1.54, 1.807) is 5.56 Å². The van der Waals surface area contributed by atoms with Crippen LogP contribution in [-0.4, -0.2) is 0 Å². The molecule has 1 aromatic carbocycles. The van der Waals surface area contributed by atoms with E-state index in [1.807, 2.05) is 0 Å². The normalized spacial score (nSPS) is 25.2. The molecule has 0 radical (unpaired) electrons. The lowest BCUT2D eigenvalue weighted by atomic mass is 9.74. The summed E-state index contributed by atoms with van der Waals surface area (Å²) >= 11 is 0. The monoisotopic (exact) mass is 230 g/mol. The highest BCUT2D eigenvalue weighted by atomic mass is 14.3. The van der Waals surface area contributed by atoms with Crippen molar-refractivity contribution in [3.63, 3.8) is 0 Å². The number of rotatable bonds is 3. The molecule has 1 fully saturated rings. The van der Waals surface area contributed by atoms with Crippen molar-refractivity contribution in [2.75, 3.05) is 0 Å². The van der Waals surface area contributed by atoms with E-state index in [4.69, 9.17) is 0 Å². The van der Waals surface area contributed by atoms with Gasteiger partial charge in [-0.25, -0.2) is 0 Å². The zero-order valence-corrected chi connectivity index (χ0v) is 11.6. The third-order valence-corrected chi connectivity index (χ3v) is 4.37. The fourth-order valence-electron chi connectivity index (χ4n) is 3.30. The summed E-state index contributed by atoms with van der Waals surface area (Å²) in [5.41, 5.74) is 2.94. The molecular weight excluding hydrogens is 204 g/mol. The molecule has 0 bridgehead atoms. The molecule has 0 saturated heterocycles. The van der Waals surface area contributed by atoms with Crippen molar-refractivity contribution in [3.05, 3.63) is 35.4 Å². The summed E-state index contributed by atoms with van der Waals surface area (Å²) in [6.45, 7) is 6.97. The second-order valence-corrected chi connectivity index (χ2v) is 6.23. The second kappa shape index (κ2) is 5.71.